The molecule has 0 N–H and O–H groups in total. The molecule has 0 aromatic carbocycles. The molecule has 2 unspecified atom stereocenters. The minimum absolute atomic E-state index is 0. The maximum absolute atomic E-state index is 10.9. The number of unbranched alkanes of at least 4 members (excludes halogenated alkanes) is 44. The Morgan fingerprint density at radius 1 is 0.254 bits per heavy atom. The second kappa shape index (κ2) is 61.8. The van der Waals surface area contributed by atoms with Gasteiger partial charge in [0.25, 0.3) is 0 Å². The largest absolute Gasteiger partial charge is 2.00 e. The molecule has 2 atom stereocenters. The molecule has 0 fully saturated rings. The Hall–Kier alpha value is 1.000. The quantitative estimate of drug-likeness (QED) is 0.0254. The van der Waals surface area contributed by atoms with Crippen LogP contribution in [-0.2, 0) is 29.2 Å². The van der Waals surface area contributed by atoms with Crippen LogP contribution >= 0.6 is 0 Å². The molecule has 0 aliphatic heterocycles. The number of rotatable bonds is 58. The summed E-state index contributed by atoms with van der Waals surface area (Å²) in [5.41, 5.74) is 0. The minimum atomic E-state index is -4.58. The van der Waals surface area contributed by atoms with Crippen molar-refractivity contribution >= 4 is 58.5 Å². The first kappa shape index (κ1) is 76.2. The fourth-order valence-electron chi connectivity index (χ4n) is 10.1. The Bertz CT molecular complexity index is 1110. The summed E-state index contributed by atoms with van der Waals surface area (Å²) in [5, 5.41) is 0. The van der Waals surface area contributed by atoms with Gasteiger partial charge in [-0.2, -0.15) is 0 Å². The zero-order valence-corrected chi connectivity index (χ0v) is 52.0. The first-order valence-corrected chi connectivity index (χ1v) is 33.9. The fraction of sp³-hybridized carbons (Fsp3) is 1.00. The van der Waals surface area contributed by atoms with E-state index in [0.717, 1.165) is 51.4 Å². The van der Waals surface area contributed by atoms with Crippen molar-refractivity contribution in [3.8, 4) is 0 Å². The van der Waals surface area contributed by atoms with Crippen LogP contribution in [0.4, 0.5) is 0 Å². The first-order valence-electron chi connectivity index (χ1n) is 31.2. The zero-order valence-electron chi connectivity index (χ0n) is 48.1. The van der Waals surface area contributed by atoms with Crippen molar-refractivity contribution in [1.29, 1.82) is 0 Å². The van der Waals surface area contributed by atoms with E-state index in [4.69, 9.17) is 0 Å². The molecule has 0 saturated carbocycles. The third kappa shape index (κ3) is 71.0. The Labute approximate surface area is 475 Å². The molecule has 0 aromatic rings. The van der Waals surface area contributed by atoms with E-state index in [9.17, 15) is 25.9 Å². The molecule has 0 aliphatic carbocycles. The van der Waals surface area contributed by atoms with Crippen molar-refractivity contribution in [3.05, 3.63) is 0 Å². The van der Waals surface area contributed by atoms with E-state index in [1.807, 2.05) is 0 Å². The van der Waals surface area contributed by atoms with Crippen LogP contribution in [0.5, 0.6) is 0 Å². The van der Waals surface area contributed by atoms with Gasteiger partial charge in [0.15, 0.2) is 0 Å². The van der Waals surface area contributed by atoms with E-state index in [1.165, 1.54) is 283 Å². The molecule has 8 nitrogen and oxygen atoms in total. The maximum Gasteiger partial charge on any atom is 2.00 e. The minimum Gasteiger partial charge on any atom is -0.726 e. The van der Waals surface area contributed by atoms with Gasteiger partial charge >= 0.3 is 37.7 Å². The van der Waals surface area contributed by atoms with E-state index in [2.05, 4.69) is 36.1 Å². The van der Waals surface area contributed by atoms with Crippen molar-refractivity contribution in [2.45, 2.75) is 362 Å². The van der Waals surface area contributed by atoms with Crippen molar-refractivity contribution in [2.24, 2.45) is 11.8 Å². The van der Waals surface area contributed by atoms with E-state index in [-0.39, 0.29) is 62.8 Å². The van der Waals surface area contributed by atoms with Crippen LogP contribution in [0.2, 0.25) is 0 Å². The predicted molar refractivity (Wildman–Crippen MR) is 307 cm³/mol. The van der Waals surface area contributed by atoms with Gasteiger partial charge in [-0.25, -0.2) is 16.8 Å². The summed E-state index contributed by atoms with van der Waals surface area (Å²) < 4.78 is 74.5. The van der Waals surface area contributed by atoms with Crippen LogP contribution in [0.3, 0.4) is 0 Å². The molecule has 0 heterocycles. The normalized spacial score (nSPS) is 12.7. The Morgan fingerprint density at radius 2 is 0.380 bits per heavy atom. The summed E-state index contributed by atoms with van der Waals surface area (Å²) in [6.07, 6.45) is 67.6. The van der Waals surface area contributed by atoms with Crippen LogP contribution in [0.15, 0.2) is 0 Å². The van der Waals surface area contributed by atoms with Gasteiger partial charge in [0.05, 0.1) is 13.2 Å². The van der Waals surface area contributed by atoms with E-state index < -0.39 is 20.8 Å². The van der Waals surface area contributed by atoms with E-state index >= 15 is 0 Å². The Kier molecular flexibility index (Phi) is 66.4. The van der Waals surface area contributed by atoms with Crippen LogP contribution in [0.1, 0.15) is 362 Å². The Balaban J connectivity index is -0.00000128. The van der Waals surface area contributed by atoms with Gasteiger partial charge in [0, 0.05) is 0 Å². The van der Waals surface area contributed by atoms with Crippen molar-refractivity contribution in [1.82, 2.24) is 0 Å². The molecule has 424 valence electrons. The molecule has 0 rings (SSSR count). The maximum atomic E-state index is 10.9. The first-order chi connectivity index (χ1) is 34.0. The molecule has 0 spiro atoms. The molecule has 0 bridgehead atoms. The molecule has 0 amide bonds. The van der Waals surface area contributed by atoms with Gasteiger partial charge in [-0.15, -0.1) is 0 Å². The SMILES string of the molecule is CCCCCCCCCCCCCCCCCCC(CCCCCCCCCC)COS(=O)(=O)[O-].CCCCCCCCCCCCCCCCCCC(CCCCCCCCCC)COS(=O)(=O)[O-].[Ca+2]. The van der Waals surface area contributed by atoms with Crippen molar-refractivity contribution in [3.63, 3.8) is 0 Å². The molecular formula is C60H122CaO8S2. The number of hydrogen-bond acceptors (Lipinski definition) is 8. The molecule has 0 aromatic heterocycles. The van der Waals surface area contributed by atoms with Gasteiger partial charge in [-0.3, -0.25) is 8.37 Å². The van der Waals surface area contributed by atoms with Gasteiger partial charge < -0.3 is 9.11 Å². The summed E-state index contributed by atoms with van der Waals surface area (Å²) in [6.45, 7) is 9.17. The zero-order chi connectivity index (χ0) is 51.8. The second-order valence-corrected chi connectivity index (χ2v) is 23.9. The van der Waals surface area contributed by atoms with Gasteiger partial charge in [0.2, 0.25) is 20.8 Å². The molecule has 71 heavy (non-hydrogen) atoms. The Morgan fingerprint density at radius 3 is 0.507 bits per heavy atom. The average molecular weight is 1080 g/mol. The summed E-state index contributed by atoms with van der Waals surface area (Å²) in [6, 6.07) is 0. The van der Waals surface area contributed by atoms with Crippen molar-refractivity contribution in [2.75, 3.05) is 13.2 Å². The summed E-state index contributed by atoms with van der Waals surface area (Å²) in [4.78, 5) is 0. The fourth-order valence-corrected chi connectivity index (χ4v) is 10.8. The average Bonchev–Trinajstić information content (AvgIpc) is 3.32. The summed E-state index contributed by atoms with van der Waals surface area (Å²) in [5.74, 6) is 0.399. The van der Waals surface area contributed by atoms with Gasteiger partial charge in [0.1, 0.15) is 0 Å². The van der Waals surface area contributed by atoms with Crippen LogP contribution in [0.25, 0.3) is 0 Å². The molecule has 0 aliphatic rings. The predicted octanol–water partition coefficient (Wildman–Crippen LogP) is 20.1. The van der Waals surface area contributed by atoms with E-state index in [1.54, 1.807) is 0 Å². The van der Waals surface area contributed by atoms with E-state index in [0.29, 0.717) is 0 Å². The molecule has 11 heteroatoms. The van der Waals surface area contributed by atoms with Crippen LogP contribution in [0, 0.1) is 11.8 Å². The second-order valence-electron chi connectivity index (χ2n) is 21.8. The molecule has 0 radical (unpaired) electrons. The topological polar surface area (TPSA) is 133 Å². The van der Waals surface area contributed by atoms with Crippen LogP contribution < -0.4 is 0 Å². The third-order valence-corrected chi connectivity index (χ3v) is 15.6. The number of hydrogen-bond donors (Lipinski definition) is 0. The van der Waals surface area contributed by atoms with Crippen molar-refractivity contribution < 1.29 is 34.3 Å². The smallest absolute Gasteiger partial charge is 0.726 e. The molecular weight excluding hydrogens is 953 g/mol. The molecule has 0 saturated heterocycles. The summed E-state index contributed by atoms with van der Waals surface area (Å²) in [7, 11) is -9.16. The third-order valence-electron chi connectivity index (χ3n) is 14.8. The van der Waals surface area contributed by atoms with Gasteiger partial charge in [-0.1, -0.05) is 336 Å². The summed E-state index contributed by atoms with van der Waals surface area (Å²) >= 11 is 0. The standard InChI is InChI=1S/2C30H62O4S.Ca/c2*1-3-5-7-9-11-13-14-15-16-17-18-19-20-22-24-26-28-30(29-34-35(31,32)33)27-25-23-21-12-10-8-6-4-2;/h2*30H,3-29H2,1-2H3,(H,31,32,33);/q;;+2/p-2. The van der Waals surface area contributed by atoms with Gasteiger partial charge in [-0.05, 0) is 37.5 Å². The van der Waals surface area contributed by atoms with Crippen LogP contribution in [-0.4, -0.2) is 76.9 Å². The monoisotopic (exact) mass is 1070 g/mol.